The van der Waals surface area contributed by atoms with E-state index in [1.165, 1.54) is 16.7 Å². The SMILES string of the molecule is CC[NH+](CC)CCNC(=O)c1ccc2c(c1)NC(=O)C(=Cc1ccc(OC)cc1)S2. The highest BCUT2D eigenvalue weighted by Gasteiger charge is 2.22. The van der Waals surface area contributed by atoms with Gasteiger partial charge in [-0.1, -0.05) is 23.9 Å². The lowest BCUT2D eigenvalue weighted by Gasteiger charge is -2.19. The third-order valence-corrected chi connectivity index (χ3v) is 6.21. The Morgan fingerprint density at radius 2 is 1.90 bits per heavy atom. The van der Waals surface area contributed by atoms with E-state index in [-0.39, 0.29) is 11.8 Å². The average molecular weight is 427 g/mol. The number of fused-ring (bicyclic) bond motifs is 1. The second kappa shape index (κ2) is 10.3. The quantitative estimate of drug-likeness (QED) is 0.567. The standard InChI is InChI=1S/C23H27N3O3S/c1-4-26(5-2)13-12-24-22(27)17-8-11-20-19(15-17)25-23(28)21(30-20)14-16-6-9-18(29-3)10-7-16/h6-11,14-15H,4-5,12-13H2,1-3H3,(H,24,27)(H,25,28)/p+1. The number of nitrogens with one attached hydrogen (secondary N) is 3. The van der Waals surface area contributed by atoms with Crippen molar-refractivity contribution in [3.63, 3.8) is 0 Å². The molecule has 0 fully saturated rings. The number of carbonyl (C=O) groups is 2. The Hall–Kier alpha value is -2.77. The summed E-state index contributed by atoms with van der Waals surface area (Å²) in [7, 11) is 1.62. The van der Waals surface area contributed by atoms with Gasteiger partial charge in [0.25, 0.3) is 11.8 Å². The first-order chi connectivity index (χ1) is 14.5. The number of ether oxygens (including phenoxy) is 1. The molecule has 158 valence electrons. The Bertz CT molecular complexity index is 937. The van der Waals surface area contributed by atoms with Gasteiger partial charge in [-0.25, -0.2) is 0 Å². The van der Waals surface area contributed by atoms with E-state index in [1.54, 1.807) is 19.2 Å². The molecule has 0 aromatic heterocycles. The number of anilines is 1. The molecule has 0 spiro atoms. The molecule has 30 heavy (non-hydrogen) atoms. The van der Waals surface area contributed by atoms with Crippen molar-refractivity contribution >= 4 is 35.3 Å². The van der Waals surface area contributed by atoms with Gasteiger partial charge >= 0.3 is 0 Å². The fraction of sp³-hybridized carbons (Fsp3) is 0.304. The van der Waals surface area contributed by atoms with Gasteiger partial charge in [-0.2, -0.15) is 0 Å². The zero-order valence-corrected chi connectivity index (χ0v) is 18.4. The minimum atomic E-state index is -0.175. The fourth-order valence-electron chi connectivity index (χ4n) is 3.21. The van der Waals surface area contributed by atoms with Crippen LogP contribution >= 0.6 is 11.8 Å². The molecule has 1 aliphatic rings. The van der Waals surface area contributed by atoms with Gasteiger partial charge in [0.2, 0.25) is 0 Å². The summed E-state index contributed by atoms with van der Waals surface area (Å²) in [4.78, 5) is 28.0. The molecule has 0 atom stereocenters. The molecule has 1 heterocycles. The number of carbonyl (C=O) groups excluding carboxylic acids is 2. The lowest BCUT2D eigenvalue weighted by molar-refractivity contribution is -0.895. The minimum absolute atomic E-state index is 0.122. The molecule has 0 aliphatic carbocycles. The van der Waals surface area contributed by atoms with E-state index in [0.29, 0.717) is 22.7 Å². The first kappa shape index (κ1) is 21.9. The van der Waals surface area contributed by atoms with Crippen molar-refractivity contribution in [2.24, 2.45) is 0 Å². The number of rotatable bonds is 8. The molecule has 2 aromatic rings. The van der Waals surface area contributed by atoms with Crippen molar-refractivity contribution in [2.45, 2.75) is 18.7 Å². The summed E-state index contributed by atoms with van der Waals surface area (Å²) in [6.07, 6.45) is 1.85. The third kappa shape index (κ3) is 5.43. The molecule has 0 saturated carbocycles. The van der Waals surface area contributed by atoms with Crippen molar-refractivity contribution in [3.05, 3.63) is 58.5 Å². The van der Waals surface area contributed by atoms with Crippen molar-refractivity contribution in [2.75, 3.05) is 38.6 Å². The van der Waals surface area contributed by atoms with Crippen molar-refractivity contribution in [1.82, 2.24) is 5.32 Å². The zero-order valence-electron chi connectivity index (χ0n) is 17.6. The maximum Gasteiger partial charge on any atom is 0.262 e. The van der Waals surface area contributed by atoms with Crippen molar-refractivity contribution in [1.29, 1.82) is 0 Å². The van der Waals surface area contributed by atoms with Gasteiger partial charge in [-0.15, -0.1) is 0 Å². The van der Waals surface area contributed by atoms with Gasteiger partial charge < -0.3 is 20.3 Å². The fourth-order valence-corrected chi connectivity index (χ4v) is 4.14. The molecule has 0 radical (unpaired) electrons. The highest BCUT2D eigenvalue weighted by atomic mass is 32.2. The van der Waals surface area contributed by atoms with Crippen LogP contribution in [-0.4, -0.2) is 45.1 Å². The molecule has 2 aromatic carbocycles. The van der Waals surface area contributed by atoms with E-state index >= 15 is 0 Å². The summed E-state index contributed by atoms with van der Waals surface area (Å²) < 4.78 is 5.17. The Kier molecular flexibility index (Phi) is 7.54. The molecule has 0 saturated heterocycles. The predicted octanol–water partition coefficient (Wildman–Crippen LogP) is 2.44. The maximum absolute atomic E-state index is 12.6. The first-order valence-corrected chi connectivity index (χ1v) is 11.0. The maximum atomic E-state index is 12.6. The Labute approximate surface area is 181 Å². The topological polar surface area (TPSA) is 71.9 Å². The minimum Gasteiger partial charge on any atom is -0.497 e. The molecular weight excluding hydrogens is 398 g/mol. The van der Waals surface area contributed by atoms with E-state index in [2.05, 4.69) is 24.5 Å². The van der Waals surface area contributed by atoms with E-state index in [4.69, 9.17) is 4.74 Å². The van der Waals surface area contributed by atoms with Crippen LogP contribution in [-0.2, 0) is 4.79 Å². The van der Waals surface area contributed by atoms with Crippen LogP contribution in [0, 0.1) is 0 Å². The van der Waals surface area contributed by atoms with Crippen LogP contribution in [0.3, 0.4) is 0 Å². The summed E-state index contributed by atoms with van der Waals surface area (Å²) >= 11 is 1.40. The average Bonchev–Trinajstić information content (AvgIpc) is 2.77. The summed E-state index contributed by atoms with van der Waals surface area (Å²) in [6.45, 7) is 7.89. The molecule has 0 bridgehead atoms. The molecule has 6 nitrogen and oxygen atoms in total. The van der Waals surface area contributed by atoms with Crippen LogP contribution in [0.5, 0.6) is 5.75 Å². The predicted molar refractivity (Wildman–Crippen MR) is 121 cm³/mol. The summed E-state index contributed by atoms with van der Waals surface area (Å²) in [6, 6.07) is 12.9. The number of thioether (sulfide) groups is 1. The van der Waals surface area contributed by atoms with Crippen molar-refractivity contribution in [3.8, 4) is 5.75 Å². The molecule has 3 N–H and O–H groups in total. The number of hydrogen-bond donors (Lipinski definition) is 3. The number of likely N-dealkylation sites (N-methyl/N-ethyl adjacent to an activating group) is 1. The number of hydrogen-bond acceptors (Lipinski definition) is 4. The zero-order chi connectivity index (χ0) is 21.5. The lowest BCUT2D eigenvalue weighted by atomic mass is 10.1. The Morgan fingerprint density at radius 1 is 1.17 bits per heavy atom. The van der Waals surface area contributed by atoms with Gasteiger partial charge in [-0.05, 0) is 55.8 Å². The van der Waals surface area contributed by atoms with Crippen molar-refractivity contribution < 1.29 is 19.2 Å². The van der Waals surface area contributed by atoms with Gasteiger partial charge in [0.1, 0.15) is 5.75 Å². The van der Waals surface area contributed by atoms with Crippen LogP contribution in [0.4, 0.5) is 5.69 Å². The highest BCUT2D eigenvalue weighted by Crippen LogP contribution is 2.39. The van der Waals surface area contributed by atoms with Crippen LogP contribution in [0.2, 0.25) is 0 Å². The van der Waals surface area contributed by atoms with Gasteiger partial charge in [-0.3, -0.25) is 9.59 Å². The second-order valence-electron chi connectivity index (χ2n) is 7.01. The normalized spacial score (nSPS) is 14.4. The molecule has 1 aliphatic heterocycles. The van der Waals surface area contributed by atoms with Crippen LogP contribution in [0.1, 0.15) is 29.8 Å². The van der Waals surface area contributed by atoms with E-state index in [0.717, 1.165) is 35.8 Å². The molecular formula is C23H28N3O3S+. The molecule has 2 amide bonds. The molecule has 3 rings (SSSR count). The summed E-state index contributed by atoms with van der Waals surface area (Å²) in [5.41, 5.74) is 2.13. The van der Waals surface area contributed by atoms with E-state index in [1.807, 2.05) is 36.4 Å². The Balaban J connectivity index is 1.67. The number of quaternary nitrogens is 1. The first-order valence-electron chi connectivity index (χ1n) is 10.1. The smallest absolute Gasteiger partial charge is 0.262 e. The second-order valence-corrected chi connectivity index (χ2v) is 8.10. The Morgan fingerprint density at radius 3 is 2.57 bits per heavy atom. The number of benzene rings is 2. The van der Waals surface area contributed by atoms with Gasteiger partial charge in [0, 0.05) is 10.5 Å². The highest BCUT2D eigenvalue weighted by molar-refractivity contribution is 8.04. The summed E-state index contributed by atoms with van der Waals surface area (Å²) in [5.74, 6) is 0.474. The molecule has 0 unspecified atom stereocenters. The van der Waals surface area contributed by atoms with Crippen LogP contribution < -0.4 is 20.3 Å². The molecule has 7 heteroatoms. The number of amides is 2. The van der Waals surface area contributed by atoms with Crippen LogP contribution in [0.25, 0.3) is 6.08 Å². The lowest BCUT2D eigenvalue weighted by Crippen LogP contribution is -3.12. The van der Waals surface area contributed by atoms with E-state index in [9.17, 15) is 9.59 Å². The van der Waals surface area contributed by atoms with Gasteiger partial charge in [0.05, 0.1) is 43.9 Å². The van der Waals surface area contributed by atoms with Gasteiger partial charge in [0.15, 0.2) is 0 Å². The summed E-state index contributed by atoms with van der Waals surface area (Å²) in [5, 5.41) is 5.87. The third-order valence-electron chi connectivity index (χ3n) is 5.11. The number of methoxy groups -OCH3 is 1. The van der Waals surface area contributed by atoms with E-state index < -0.39 is 0 Å². The largest absolute Gasteiger partial charge is 0.497 e. The van der Waals surface area contributed by atoms with Crippen LogP contribution in [0.15, 0.2) is 52.3 Å². The monoisotopic (exact) mass is 426 g/mol.